The van der Waals surface area contributed by atoms with Gasteiger partial charge in [0.25, 0.3) is 5.91 Å². The second-order valence-corrected chi connectivity index (χ2v) is 7.35. The lowest BCUT2D eigenvalue weighted by Gasteiger charge is -2.34. The molecule has 0 saturated carbocycles. The first-order valence-corrected chi connectivity index (χ1v) is 10.4. The van der Waals surface area contributed by atoms with Gasteiger partial charge in [0.1, 0.15) is 18.2 Å². The molecule has 1 aromatic carbocycles. The Bertz CT molecular complexity index is 1080. The van der Waals surface area contributed by atoms with Crippen LogP contribution in [0.5, 0.6) is 0 Å². The van der Waals surface area contributed by atoms with Gasteiger partial charge in [-0.25, -0.2) is 14.8 Å². The number of carbonyl (C=O) groups excluding carboxylic acids is 2. The van der Waals surface area contributed by atoms with Gasteiger partial charge >= 0.3 is 6.09 Å². The van der Waals surface area contributed by atoms with E-state index in [0.29, 0.717) is 43.5 Å². The third-order valence-corrected chi connectivity index (χ3v) is 5.13. The van der Waals surface area contributed by atoms with Gasteiger partial charge in [0, 0.05) is 33.8 Å². The summed E-state index contributed by atoms with van der Waals surface area (Å²) in [6.07, 6.45) is 2.92. The molecule has 0 atom stereocenters. The number of carbonyl (C=O) groups is 2. The Balaban J connectivity index is 0.00000306. The zero-order chi connectivity index (χ0) is 22.3. The molecule has 0 bridgehead atoms. The van der Waals surface area contributed by atoms with Crippen LogP contribution in [-0.2, 0) is 11.3 Å². The molecule has 4 rings (SSSR count). The molecule has 9 heteroatoms. The molecule has 1 saturated heterocycles. The maximum atomic E-state index is 12.7. The second-order valence-electron chi connectivity index (χ2n) is 7.35. The topological polar surface area (TPSA) is 101 Å². The van der Waals surface area contributed by atoms with Gasteiger partial charge in [-0.05, 0) is 24.6 Å². The van der Waals surface area contributed by atoms with Crippen molar-refractivity contribution in [3.63, 3.8) is 0 Å². The number of hydrogen-bond acceptors (Lipinski definition) is 7. The summed E-state index contributed by atoms with van der Waals surface area (Å²) in [7, 11) is 0. The lowest BCUT2D eigenvalue weighted by Crippen LogP contribution is -2.49. The zero-order valence-corrected chi connectivity index (χ0v) is 17.8. The molecule has 32 heavy (non-hydrogen) atoms. The van der Waals surface area contributed by atoms with Crippen molar-refractivity contribution in [3.8, 4) is 0 Å². The Morgan fingerprint density at radius 3 is 2.50 bits per heavy atom. The fourth-order valence-electron chi connectivity index (χ4n) is 3.35. The first-order valence-electron chi connectivity index (χ1n) is 10.4. The van der Waals surface area contributed by atoms with Crippen LogP contribution >= 0.6 is 0 Å². The minimum Gasteiger partial charge on any atom is -0.445 e. The fourth-order valence-corrected chi connectivity index (χ4v) is 3.35. The number of amides is 2. The predicted molar refractivity (Wildman–Crippen MR) is 121 cm³/mol. The Hall–Kier alpha value is -4.01. The molecule has 3 aromatic rings. The minimum absolute atomic E-state index is 0. The first-order chi connectivity index (χ1) is 15.6. The van der Waals surface area contributed by atoms with Crippen LogP contribution in [0.3, 0.4) is 0 Å². The molecule has 2 aromatic heterocycles. The summed E-state index contributed by atoms with van der Waals surface area (Å²) >= 11 is 0. The molecule has 0 spiro atoms. The molecule has 166 valence electrons. The Morgan fingerprint density at radius 1 is 1.03 bits per heavy atom. The quantitative estimate of drug-likeness (QED) is 0.658. The molecule has 9 nitrogen and oxygen atoms in total. The average Bonchev–Trinajstić information content (AvgIpc) is 2.84. The molecule has 0 radical (unpaired) electrons. The Morgan fingerprint density at radius 2 is 1.78 bits per heavy atom. The number of anilines is 2. The molecule has 1 aliphatic rings. The lowest BCUT2D eigenvalue weighted by atomic mass is 10.2. The van der Waals surface area contributed by atoms with Gasteiger partial charge in [0.05, 0.1) is 11.9 Å². The Labute approximate surface area is 187 Å². The second kappa shape index (κ2) is 9.86. The van der Waals surface area contributed by atoms with E-state index in [9.17, 15) is 9.59 Å². The van der Waals surface area contributed by atoms with Crippen LogP contribution in [0.1, 0.15) is 23.2 Å². The summed E-state index contributed by atoms with van der Waals surface area (Å²) in [4.78, 5) is 41.7. The third kappa shape index (κ3) is 5.18. The van der Waals surface area contributed by atoms with Crippen molar-refractivity contribution in [2.75, 3.05) is 36.4 Å². The number of rotatable bonds is 5. The smallest absolute Gasteiger partial charge is 0.410 e. The summed E-state index contributed by atoms with van der Waals surface area (Å²) in [6.45, 7) is 4.12. The lowest BCUT2D eigenvalue weighted by molar-refractivity contribution is 0.0941. The SMILES string of the molecule is Cc1ncc(N2CCN(C(=O)OCc3ccccc3)CC2)nc1C(=O)Nc1ccccn1.[HH]. The number of ether oxygens (including phenoxy) is 1. The van der Waals surface area contributed by atoms with Gasteiger partial charge < -0.3 is 19.9 Å². The van der Waals surface area contributed by atoms with Crippen LogP contribution < -0.4 is 10.2 Å². The van der Waals surface area contributed by atoms with Gasteiger partial charge in [-0.15, -0.1) is 0 Å². The molecule has 3 heterocycles. The van der Waals surface area contributed by atoms with Gasteiger partial charge in [-0.2, -0.15) is 0 Å². The fraction of sp³-hybridized carbons (Fsp3) is 0.261. The summed E-state index contributed by atoms with van der Waals surface area (Å²) in [6, 6.07) is 14.9. The number of nitrogens with zero attached hydrogens (tertiary/aromatic N) is 5. The summed E-state index contributed by atoms with van der Waals surface area (Å²) in [5.74, 6) is 0.685. The Kier molecular flexibility index (Phi) is 6.54. The molecule has 0 unspecified atom stereocenters. The van der Waals surface area contributed by atoms with Gasteiger partial charge in [-0.1, -0.05) is 36.4 Å². The number of benzene rings is 1. The van der Waals surface area contributed by atoms with Crippen molar-refractivity contribution in [2.45, 2.75) is 13.5 Å². The van der Waals surface area contributed by atoms with Crippen LogP contribution in [-0.4, -0.2) is 58.0 Å². The van der Waals surface area contributed by atoms with E-state index >= 15 is 0 Å². The number of pyridine rings is 1. The monoisotopic (exact) mass is 434 g/mol. The van der Waals surface area contributed by atoms with Crippen molar-refractivity contribution >= 4 is 23.6 Å². The van der Waals surface area contributed by atoms with Crippen LogP contribution in [0.2, 0.25) is 0 Å². The van der Waals surface area contributed by atoms with E-state index in [1.807, 2.05) is 35.2 Å². The van der Waals surface area contributed by atoms with Crippen LogP contribution in [0.4, 0.5) is 16.4 Å². The molecule has 1 fully saturated rings. The highest BCUT2D eigenvalue weighted by Crippen LogP contribution is 2.16. The third-order valence-electron chi connectivity index (χ3n) is 5.13. The van der Waals surface area contributed by atoms with Crippen LogP contribution in [0.15, 0.2) is 60.9 Å². The van der Waals surface area contributed by atoms with E-state index < -0.39 is 0 Å². The number of hydrogen-bond donors (Lipinski definition) is 1. The van der Waals surface area contributed by atoms with Crippen molar-refractivity contribution < 1.29 is 15.8 Å². The van der Waals surface area contributed by atoms with E-state index in [1.165, 1.54) is 0 Å². The van der Waals surface area contributed by atoms with Crippen molar-refractivity contribution in [1.29, 1.82) is 0 Å². The van der Waals surface area contributed by atoms with Crippen molar-refractivity contribution in [1.82, 2.24) is 19.9 Å². The average molecular weight is 435 g/mol. The predicted octanol–water partition coefficient (Wildman–Crippen LogP) is 3.14. The highest BCUT2D eigenvalue weighted by atomic mass is 16.6. The summed E-state index contributed by atoms with van der Waals surface area (Å²) in [5, 5.41) is 2.74. The number of piperazine rings is 1. The van der Waals surface area contributed by atoms with Crippen molar-refractivity contribution in [3.05, 3.63) is 77.9 Å². The van der Waals surface area contributed by atoms with Crippen LogP contribution in [0, 0.1) is 6.92 Å². The maximum absolute atomic E-state index is 12.7. The molecular formula is C23H26N6O3. The van der Waals surface area contributed by atoms with Crippen molar-refractivity contribution in [2.24, 2.45) is 0 Å². The normalized spacial score (nSPS) is 13.5. The molecule has 2 amide bonds. The molecule has 1 aliphatic heterocycles. The summed E-state index contributed by atoms with van der Waals surface area (Å²) in [5.41, 5.74) is 1.73. The minimum atomic E-state index is -0.362. The van der Waals surface area contributed by atoms with E-state index in [-0.39, 0.29) is 25.7 Å². The zero-order valence-electron chi connectivity index (χ0n) is 17.8. The largest absolute Gasteiger partial charge is 0.445 e. The first kappa shape index (κ1) is 21.2. The molecular weight excluding hydrogens is 408 g/mol. The maximum Gasteiger partial charge on any atom is 0.410 e. The molecule has 1 N–H and O–H groups in total. The number of aromatic nitrogens is 3. The highest BCUT2D eigenvalue weighted by molar-refractivity contribution is 6.03. The molecule has 0 aliphatic carbocycles. The van der Waals surface area contributed by atoms with Gasteiger partial charge in [-0.3, -0.25) is 9.78 Å². The van der Waals surface area contributed by atoms with E-state index in [1.54, 1.807) is 42.4 Å². The number of nitrogens with one attached hydrogen (secondary N) is 1. The van der Waals surface area contributed by atoms with Crippen LogP contribution in [0.25, 0.3) is 0 Å². The summed E-state index contributed by atoms with van der Waals surface area (Å²) < 4.78 is 5.41. The van der Waals surface area contributed by atoms with E-state index in [2.05, 4.69) is 20.3 Å². The standard InChI is InChI=1S/C23H24N6O3.H2/c1-17-21(22(30)26-19-9-5-6-10-24-19)27-20(15-25-17)28-11-13-29(14-12-28)23(31)32-16-18-7-3-2-4-8-18;/h2-10,15H,11-14,16H2,1H3,(H,24,26,30);1H. The van der Waals surface area contributed by atoms with Gasteiger partial charge in [0.2, 0.25) is 0 Å². The van der Waals surface area contributed by atoms with Gasteiger partial charge in [0.15, 0.2) is 5.69 Å². The number of aryl methyl sites for hydroxylation is 1. The highest BCUT2D eigenvalue weighted by Gasteiger charge is 2.24. The van der Waals surface area contributed by atoms with E-state index in [4.69, 9.17) is 4.74 Å². The van der Waals surface area contributed by atoms with E-state index in [0.717, 1.165) is 5.56 Å².